The molecule has 2 atom stereocenters. The van der Waals surface area contributed by atoms with E-state index >= 15 is 0 Å². The fourth-order valence-corrected chi connectivity index (χ4v) is 4.40. The lowest BCUT2D eigenvalue weighted by molar-refractivity contribution is -0.138. The predicted molar refractivity (Wildman–Crippen MR) is 95.5 cm³/mol. The van der Waals surface area contributed by atoms with Crippen molar-refractivity contribution < 1.29 is 18.3 Å². The summed E-state index contributed by atoms with van der Waals surface area (Å²) in [5.74, 6) is -1.46. The van der Waals surface area contributed by atoms with Crippen molar-refractivity contribution in [2.24, 2.45) is 0 Å². The molecular weight excluding hydrogens is 362 g/mol. The Labute approximate surface area is 151 Å². The van der Waals surface area contributed by atoms with Gasteiger partial charge in [-0.3, -0.25) is 4.79 Å². The van der Waals surface area contributed by atoms with Crippen molar-refractivity contribution in [2.75, 3.05) is 0 Å². The number of rotatable bonds is 5. The Balaban J connectivity index is 1.76. The zero-order chi connectivity index (χ0) is 18.2. The number of hydrogen-bond acceptors (Lipinski definition) is 3. The van der Waals surface area contributed by atoms with E-state index in [0.29, 0.717) is 17.9 Å². The minimum absolute atomic E-state index is 0.174. The molecular formula is C18H18ClNO4S. The van der Waals surface area contributed by atoms with Crippen LogP contribution in [0.4, 0.5) is 0 Å². The molecule has 25 heavy (non-hydrogen) atoms. The van der Waals surface area contributed by atoms with Crippen LogP contribution in [0.3, 0.4) is 0 Å². The molecule has 2 aromatic carbocycles. The molecule has 0 saturated heterocycles. The number of aliphatic carboxylic acids is 1. The van der Waals surface area contributed by atoms with Crippen LogP contribution in [-0.4, -0.2) is 25.5 Å². The first-order valence-electron chi connectivity index (χ1n) is 7.88. The molecule has 7 heteroatoms. The average molecular weight is 380 g/mol. The van der Waals surface area contributed by atoms with E-state index in [1.54, 1.807) is 25.1 Å². The number of carboxylic acid groups (broad SMARTS) is 1. The number of fused-ring (bicyclic) bond motifs is 1. The first-order chi connectivity index (χ1) is 11.8. The van der Waals surface area contributed by atoms with Gasteiger partial charge in [0, 0.05) is 11.1 Å². The standard InChI is InChI=1S/C18H18ClNO4S/c1-11(18(21)22)12-2-3-13-9-16(10-14(13)8-12)20-25(23,24)17-6-4-15(19)5-7-17/h2-8,11,16,20H,9-10H2,1H3,(H,21,22). The van der Waals surface area contributed by atoms with E-state index in [1.807, 2.05) is 12.1 Å². The summed E-state index contributed by atoms with van der Waals surface area (Å²) < 4.78 is 27.7. The minimum Gasteiger partial charge on any atom is -0.481 e. The van der Waals surface area contributed by atoms with Gasteiger partial charge >= 0.3 is 5.97 Å². The molecule has 2 aromatic rings. The Hall–Kier alpha value is -1.89. The lowest BCUT2D eigenvalue weighted by Gasteiger charge is -2.12. The number of benzene rings is 2. The van der Waals surface area contributed by atoms with Gasteiger partial charge < -0.3 is 5.11 Å². The Morgan fingerprint density at radius 1 is 1.16 bits per heavy atom. The fraction of sp³-hybridized carbons (Fsp3) is 0.278. The van der Waals surface area contributed by atoms with Gasteiger partial charge in [-0.2, -0.15) is 0 Å². The first kappa shape index (κ1) is 17.9. The van der Waals surface area contributed by atoms with Gasteiger partial charge in [-0.1, -0.05) is 29.8 Å². The van der Waals surface area contributed by atoms with Crippen molar-refractivity contribution in [3.63, 3.8) is 0 Å². The third kappa shape index (κ3) is 3.86. The van der Waals surface area contributed by atoms with Crippen LogP contribution < -0.4 is 4.72 Å². The van der Waals surface area contributed by atoms with Gasteiger partial charge in [-0.15, -0.1) is 0 Å². The molecule has 0 radical (unpaired) electrons. The van der Waals surface area contributed by atoms with Gasteiger partial charge in [0.25, 0.3) is 0 Å². The number of carboxylic acids is 1. The van der Waals surface area contributed by atoms with Crippen LogP contribution in [0.25, 0.3) is 0 Å². The van der Waals surface area contributed by atoms with Crippen LogP contribution in [-0.2, 0) is 27.7 Å². The van der Waals surface area contributed by atoms with Crippen LogP contribution in [0.5, 0.6) is 0 Å². The molecule has 2 N–H and O–H groups in total. The maximum absolute atomic E-state index is 12.5. The van der Waals surface area contributed by atoms with E-state index in [9.17, 15) is 13.2 Å². The molecule has 0 bridgehead atoms. The average Bonchev–Trinajstić information content (AvgIpc) is 2.94. The number of halogens is 1. The number of carbonyl (C=O) groups is 1. The smallest absolute Gasteiger partial charge is 0.310 e. The van der Waals surface area contributed by atoms with E-state index in [2.05, 4.69) is 4.72 Å². The molecule has 1 aliphatic carbocycles. The van der Waals surface area contributed by atoms with Crippen molar-refractivity contribution in [3.05, 3.63) is 64.2 Å². The second-order valence-corrected chi connectivity index (χ2v) is 8.42. The molecule has 1 aliphatic rings. The summed E-state index contributed by atoms with van der Waals surface area (Å²) in [4.78, 5) is 11.3. The highest BCUT2D eigenvalue weighted by atomic mass is 35.5. The van der Waals surface area contributed by atoms with Crippen LogP contribution in [0.1, 0.15) is 29.5 Å². The molecule has 2 unspecified atom stereocenters. The summed E-state index contributed by atoms with van der Waals surface area (Å²) in [7, 11) is -3.62. The van der Waals surface area contributed by atoms with Crippen molar-refractivity contribution in [1.82, 2.24) is 4.72 Å². The van der Waals surface area contributed by atoms with Gasteiger partial charge in [0.1, 0.15) is 0 Å². The Morgan fingerprint density at radius 2 is 1.80 bits per heavy atom. The van der Waals surface area contributed by atoms with Crippen molar-refractivity contribution in [2.45, 2.75) is 36.6 Å². The normalized spacial score (nSPS) is 17.9. The molecule has 0 aromatic heterocycles. The molecule has 0 heterocycles. The summed E-state index contributed by atoms with van der Waals surface area (Å²) >= 11 is 5.80. The summed E-state index contributed by atoms with van der Waals surface area (Å²) in [6.45, 7) is 1.64. The summed E-state index contributed by atoms with van der Waals surface area (Å²) in [5.41, 5.74) is 2.77. The van der Waals surface area contributed by atoms with E-state index in [0.717, 1.165) is 16.7 Å². The third-order valence-electron chi connectivity index (χ3n) is 4.48. The van der Waals surface area contributed by atoms with Crippen LogP contribution >= 0.6 is 11.6 Å². The van der Waals surface area contributed by atoms with E-state index in [-0.39, 0.29) is 10.9 Å². The number of hydrogen-bond donors (Lipinski definition) is 2. The Morgan fingerprint density at radius 3 is 2.44 bits per heavy atom. The molecule has 0 spiro atoms. The lowest BCUT2D eigenvalue weighted by atomic mass is 9.97. The molecule has 0 fully saturated rings. The summed E-state index contributed by atoms with van der Waals surface area (Å²) in [5, 5.41) is 9.61. The Bertz CT molecular complexity index is 909. The van der Waals surface area contributed by atoms with E-state index in [4.69, 9.17) is 16.7 Å². The largest absolute Gasteiger partial charge is 0.481 e. The van der Waals surface area contributed by atoms with Gasteiger partial charge in [-0.25, -0.2) is 13.1 Å². The minimum atomic E-state index is -3.62. The van der Waals surface area contributed by atoms with Crippen LogP contribution in [0, 0.1) is 0 Å². The number of sulfonamides is 1. The highest BCUT2D eigenvalue weighted by Crippen LogP contribution is 2.27. The van der Waals surface area contributed by atoms with Crippen molar-refractivity contribution in [3.8, 4) is 0 Å². The first-order valence-corrected chi connectivity index (χ1v) is 9.75. The van der Waals surface area contributed by atoms with Crippen LogP contribution in [0.2, 0.25) is 5.02 Å². The number of nitrogens with one attached hydrogen (secondary N) is 1. The zero-order valence-corrected chi connectivity index (χ0v) is 15.1. The summed E-state index contributed by atoms with van der Waals surface area (Å²) in [6, 6.07) is 11.3. The topological polar surface area (TPSA) is 83.5 Å². The van der Waals surface area contributed by atoms with E-state index < -0.39 is 21.9 Å². The maximum Gasteiger partial charge on any atom is 0.310 e. The molecule has 0 aliphatic heterocycles. The quantitative estimate of drug-likeness (QED) is 0.836. The molecule has 0 saturated carbocycles. The molecule has 5 nitrogen and oxygen atoms in total. The predicted octanol–water partition coefficient (Wildman–Crippen LogP) is 2.97. The Kier molecular flexibility index (Phi) is 4.86. The van der Waals surface area contributed by atoms with Gasteiger partial charge in [0.05, 0.1) is 10.8 Å². The van der Waals surface area contributed by atoms with Crippen molar-refractivity contribution in [1.29, 1.82) is 0 Å². The third-order valence-corrected chi connectivity index (χ3v) is 6.27. The SMILES string of the molecule is CC(C(=O)O)c1ccc2c(c1)CC(NS(=O)(=O)c1ccc(Cl)cc1)C2. The molecule has 0 amide bonds. The van der Waals surface area contributed by atoms with Gasteiger partial charge in [0.2, 0.25) is 10.0 Å². The zero-order valence-electron chi connectivity index (χ0n) is 13.6. The highest BCUT2D eigenvalue weighted by Gasteiger charge is 2.27. The second kappa shape index (κ2) is 6.78. The van der Waals surface area contributed by atoms with E-state index in [1.165, 1.54) is 12.1 Å². The highest BCUT2D eigenvalue weighted by molar-refractivity contribution is 7.89. The van der Waals surface area contributed by atoms with Gasteiger partial charge in [-0.05, 0) is 60.7 Å². The summed E-state index contributed by atoms with van der Waals surface area (Å²) in [6.07, 6.45) is 1.13. The van der Waals surface area contributed by atoms with Gasteiger partial charge in [0.15, 0.2) is 0 Å². The maximum atomic E-state index is 12.5. The monoisotopic (exact) mass is 379 g/mol. The fourth-order valence-electron chi connectivity index (χ4n) is 3.03. The van der Waals surface area contributed by atoms with Crippen molar-refractivity contribution >= 4 is 27.6 Å². The van der Waals surface area contributed by atoms with Crippen LogP contribution in [0.15, 0.2) is 47.4 Å². The molecule has 3 rings (SSSR count). The second-order valence-electron chi connectivity index (χ2n) is 6.27. The molecule has 132 valence electrons. The lowest BCUT2D eigenvalue weighted by Crippen LogP contribution is -2.35.